The molecule has 0 saturated heterocycles. The van der Waals surface area contributed by atoms with Crippen LogP contribution in [0.2, 0.25) is 0 Å². The highest BCUT2D eigenvalue weighted by Crippen LogP contribution is 1.95. The van der Waals surface area contributed by atoms with E-state index in [1.165, 1.54) is 0 Å². The first kappa shape index (κ1) is 8.64. The van der Waals surface area contributed by atoms with Gasteiger partial charge in [0.15, 0.2) is 0 Å². The molecule has 0 aliphatic carbocycles. The summed E-state index contributed by atoms with van der Waals surface area (Å²) in [7, 11) is 0. The third kappa shape index (κ3) is 4.79. The summed E-state index contributed by atoms with van der Waals surface area (Å²) in [4.78, 5) is 3.53. The molecule has 0 saturated carbocycles. The zero-order chi connectivity index (χ0) is 7.82. The van der Waals surface area contributed by atoms with E-state index in [4.69, 9.17) is 5.26 Å². The largest absolute Gasteiger partial charge is 0.273 e. The lowest BCUT2D eigenvalue weighted by Gasteiger charge is -1.84. The van der Waals surface area contributed by atoms with Gasteiger partial charge in [0.2, 0.25) is 0 Å². The summed E-state index contributed by atoms with van der Waals surface area (Å²) in [6, 6.07) is 2.02. The molecule has 2 heteroatoms. The van der Waals surface area contributed by atoms with Gasteiger partial charge in [-0.1, -0.05) is 11.6 Å². The number of nitriles is 1. The average Bonchev–Trinajstić information content (AvgIpc) is 1.97. The molecule has 0 heterocycles. The van der Waals surface area contributed by atoms with Crippen LogP contribution >= 0.6 is 0 Å². The van der Waals surface area contributed by atoms with Gasteiger partial charge in [0.25, 0.3) is 0 Å². The summed E-state index contributed by atoms with van der Waals surface area (Å²) < 4.78 is 0. The molecule has 0 amide bonds. The van der Waals surface area contributed by atoms with Gasteiger partial charge in [0, 0.05) is 6.20 Å². The Balaban J connectivity index is 3.83. The van der Waals surface area contributed by atoms with Crippen molar-refractivity contribution in [3.63, 3.8) is 0 Å². The van der Waals surface area contributed by atoms with Crippen LogP contribution in [-0.2, 0) is 0 Å². The minimum absolute atomic E-state index is 0.452. The molecule has 0 bridgehead atoms. The molecule has 0 aromatic carbocycles. The molecule has 0 unspecified atom stereocenters. The minimum Gasteiger partial charge on any atom is -0.273 e. The zero-order valence-corrected chi connectivity index (χ0v) is 6.04. The van der Waals surface area contributed by atoms with Gasteiger partial charge in [-0.05, 0) is 19.7 Å². The molecule has 2 nitrogen and oxygen atoms in total. The summed E-state index contributed by atoms with van der Waals surface area (Å²) in [6.45, 7) is 5.20. The van der Waals surface area contributed by atoms with Gasteiger partial charge in [0.05, 0.1) is 12.5 Å². The second kappa shape index (κ2) is 5.77. The van der Waals surface area contributed by atoms with E-state index < -0.39 is 0 Å². The lowest BCUT2D eigenvalue weighted by molar-refractivity contribution is 1.31. The quantitative estimate of drug-likeness (QED) is 0.430. The van der Waals surface area contributed by atoms with Crippen molar-refractivity contribution in [1.82, 2.24) is 0 Å². The van der Waals surface area contributed by atoms with Crippen molar-refractivity contribution < 1.29 is 0 Å². The number of rotatable bonds is 3. The van der Waals surface area contributed by atoms with E-state index in [1.54, 1.807) is 6.20 Å². The number of aliphatic imine (C=N–C) groups is 1. The van der Waals surface area contributed by atoms with Crippen LogP contribution in [0, 0.1) is 11.3 Å². The van der Waals surface area contributed by atoms with Crippen molar-refractivity contribution >= 4 is 6.72 Å². The van der Waals surface area contributed by atoms with Crippen molar-refractivity contribution in [2.75, 3.05) is 0 Å². The van der Waals surface area contributed by atoms with Gasteiger partial charge >= 0.3 is 0 Å². The van der Waals surface area contributed by atoms with Crippen LogP contribution in [0.25, 0.3) is 0 Å². The van der Waals surface area contributed by atoms with Crippen LogP contribution < -0.4 is 0 Å². The fourth-order valence-corrected chi connectivity index (χ4v) is 0.445. The Morgan fingerprint density at radius 1 is 1.80 bits per heavy atom. The monoisotopic (exact) mass is 134 g/mol. The molecule has 0 radical (unpaired) electrons. The van der Waals surface area contributed by atoms with E-state index in [0.717, 1.165) is 5.57 Å². The van der Waals surface area contributed by atoms with E-state index in [9.17, 15) is 0 Å². The second-order valence-electron chi connectivity index (χ2n) is 1.81. The van der Waals surface area contributed by atoms with Crippen LogP contribution in [-0.4, -0.2) is 6.72 Å². The maximum absolute atomic E-state index is 8.19. The van der Waals surface area contributed by atoms with Gasteiger partial charge in [-0.25, -0.2) is 0 Å². The molecule has 10 heavy (non-hydrogen) atoms. The van der Waals surface area contributed by atoms with Crippen molar-refractivity contribution in [3.8, 4) is 6.07 Å². The molecule has 0 spiro atoms. The van der Waals surface area contributed by atoms with Crippen molar-refractivity contribution in [2.45, 2.75) is 13.3 Å². The highest BCUT2D eigenvalue weighted by molar-refractivity contribution is 5.27. The predicted molar refractivity (Wildman–Crippen MR) is 42.7 cm³/mol. The molecule has 0 aromatic rings. The summed E-state index contributed by atoms with van der Waals surface area (Å²) in [5.74, 6) is 0. The molecule has 0 atom stereocenters. The molecular formula is C8H10N2. The molecule has 0 aliphatic rings. The summed E-state index contributed by atoms with van der Waals surface area (Å²) >= 11 is 0. The first-order chi connectivity index (χ1) is 4.81. The van der Waals surface area contributed by atoms with E-state index in [1.807, 2.05) is 25.1 Å². The summed E-state index contributed by atoms with van der Waals surface area (Å²) in [5.41, 5.74) is 1.04. The topological polar surface area (TPSA) is 36.1 Å². The fraction of sp³-hybridized carbons (Fsp3) is 0.250. The maximum atomic E-state index is 8.19. The van der Waals surface area contributed by atoms with Crippen LogP contribution in [0.15, 0.2) is 28.9 Å². The highest BCUT2D eigenvalue weighted by Gasteiger charge is 1.78. The molecule has 0 N–H and O–H groups in total. The van der Waals surface area contributed by atoms with Gasteiger partial charge in [-0.3, -0.25) is 4.99 Å². The Kier molecular flexibility index (Phi) is 4.99. The lowest BCUT2D eigenvalue weighted by Crippen LogP contribution is -1.66. The first-order valence-electron chi connectivity index (χ1n) is 2.97. The molecule has 0 aliphatic heterocycles. The second-order valence-corrected chi connectivity index (χ2v) is 1.81. The summed E-state index contributed by atoms with van der Waals surface area (Å²) in [6.07, 6.45) is 5.70. The standard InChI is InChI=1S/C8H10N2/c1-8(4-3-6-9)5-7-10-2/h4-5,7H,2-3H2,1H3/b7-5-,8-4-. The Bertz CT molecular complexity index is 194. The lowest BCUT2D eigenvalue weighted by atomic mass is 10.2. The minimum atomic E-state index is 0.452. The van der Waals surface area contributed by atoms with E-state index >= 15 is 0 Å². The predicted octanol–water partition coefficient (Wildman–Crippen LogP) is 2.06. The van der Waals surface area contributed by atoms with Crippen molar-refractivity contribution in [3.05, 3.63) is 23.9 Å². The SMILES string of the molecule is C=N/C=C\C(C)=C/CC#N. The first-order valence-corrected chi connectivity index (χ1v) is 2.97. The smallest absolute Gasteiger partial charge is 0.0663 e. The van der Waals surface area contributed by atoms with E-state index in [-0.39, 0.29) is 0 Å². The van der Waals surface area contributed by atoms with Gasteiger partial charge in [-0.2, -0.15) is 5.26 Å². The van der Waals surface area contributed by atoms with E-state index in [2.05, 4.69) is 11.7 Å². The van der Waals surface area contributed by atoms with Gasteiger partial charge in [-0.15, -0.1) is 0 Å². The third-order valence-corrected chi connectivity index (χ3v) is 0.958. The van der Waals surface area contributed by atoms with Gasteiger partial charge < -0.3 is 0 Å². The maximum Gasteiger partial charge on any atom is 0.0663 e. The summed E-state index contributed by atoms with van der Waals surface area (Å²) in [5, 5.41) is 8.19. The molecular weight excluding hydrogens is 124 g/mol. The van der Waals surface area contributed by atoms with Crippen molar-refractivity contribution in [2.24, 2.45) is 4.99 Å². The van der Waals surface area contributed by atoms with Crippen LogP contribution in [0.4, 0.5) is 0 Å². The Hall–Kier alpha value is -1.36. The highest BCUT2D eigenvalue weighted by atomic mass is 14.6. The van der Waals surface area contributed by atoms with Crippen LogP contribution in [0.5, 0.6) is 0 Å². The third-order valence-electron chi connectivity index (χ3n) is 0.958. The molecule has 52 valence electrons. The molecule has 0 aromatic heterocycles. The number of nitrogens with zero attached hydrogens (tertiary/aromatic N) is 2. The van der Waals surface area contributed by atoms with Gasteiger partial charge in [0.1, 0.15) is 0 Å². The molecule has 0 fully saturated rings. The normalized spacial score (nSPS) is 11.4. The number of hydrogen-bond acceptors (Lipinski definition) is 2. The zero-order valence-electron chi connectivity index (χ0n) is 6.04. The Morgan fingerprint density at radius 3 is 3.00 bits per heavy atom. The Morgan fingerprint density at radius 2 is 2.50 bits per heavy atom. The number of hydrogen-bond donors (Lipinski definition) is 0. The Labute approximate surface area is 61.2 Å². The van der Waals surface area contributed by atoms with Crippen LogP contribution in [0.3, 0.4) is 0 Å². The average molecular weight is 134 g/mol. The van der Waals surface area contributed by atoms with E-state index in [0.29, 0.717) is 6.42 Å². The van der Waals surface area contributed by atoms with Crippen molar-refractivity contribution in [1.29, 1.82) is 5.26 Å². The number of allylic oxidation sites excluding steroid dienone is 3. The van der Waals surface area contributed by atoms with Crippen LogP contribution in [0.1, 0.15) is 13.3 Å². The fourth-order valence-electron chi connectivity index (χ4n) is 0.445. The molecule has 0 rings (SSSR count).